The van der Waals surface area contributed by atoms with Gasteiger partial charge in [-0.1, -0.05) is 36.4 Å². The molecule has 2 aromatic carbocycles. The fourth-order valence-corrected chi connectivity index (χ4v) is 5.36. The van der Waals surface area contributed by atoms with Crippen LogP contribution in [0.3, 0.4) is 0 Å². The standard InChI is InChI=1S/C29H36F2N3O8P/c1-4-40-43(38,41-5-2)42-19-24(35)16-23(34(3)27(36)14-13-20-11-8-12-25(30)28(20)31)18-39-29(37)33-26-15-21-9-6-7-10-22(21)17-32-26/h6-12,15,17,23-24,35H,4-5,13-14,16,18-19H2,1-3H3,(H,32,33,37)/t23-,24+/m0/s1. The van der Waals surface area contributed by atoms with E-state index in [1.165, 1.54) is 24.1 Å². The number of rotatable bonds is 16. The molecule has 2 atom stereocenters. The van der Waals surface area contributed by atoms with E-state index < -0.39 is 50.2 Å². The number of phosphoric acid groups is 1. The van der Waals surface area contributed by atoms with Crippen molar-refractivity contribution in [3.05, 3.63) is 71.9 Å². The van der Waals surface area contributed by atoms with E-state index >= 15 is 0 Å². The molecule has 0 saturated heterocycles. The maximum atomic E-state index is 14.1. The fourth-order valence-electron chi connectivity index (χ4n) is 4.15. The van der Waals surface area contributed by atoms with Crippen LogP contribution in [0.25, 0.3) is 10.8 Å². The number of fused-ring (bicyclic) bond motifs is 1. The molecule has 2 amide bonds. The molecule has 43 heavy (non-hydrogen) atoms. The molecular weight excluding hydrogens is 587 g/mol. The average molecular weight is 624 g/mol. The van der Waals surface area contributed by atoms with Crippen molar-refractivity contribution < 1.29 is 46.3 Å². The average Bonchev–Trinajstić information content (AvgIpc) is 2.98. The van der Waals surface area contributed by atoms with Crippen LogP contribution in [0.2, 0.25) is 0 Å². The first-order valence-corrected chi connectivity index (χ1v) is 15.2. The lowest BCUT2D eigenvalue weighted by Gasteiger charge is -2.30. The molecule has 2 N–H and O–H groups in total. The molecule has 0 aliphatic heterocycles. The largest absolute Gasteiger partial charge is 0.474 e. The maximum absolute atomic E-state index is 14.1. The van der Waals surface area contributed by atoms with Gasteiger partial charge in [-0.3, -0.25) is 23.7 Å². The molecule has 3 rings (SSSR count). The van der Waals surface area contributed by atoms with Crippen molar-refractivity contribution in [2.75, 3.05) is 38.8 Å². The summed E-state index contributed by atoms with van der Waals surface area (Å²) in [7, 11) is -2.48. The Kier molecular flexibility index (Phi) is 13.0. The van der Waals surface area contributed by atoms with Crippen molar-refractivity contribution in [2.45, 2.75) is 45.3 Å². The van der Waals surface area contributed by atoms with Gasteiger partial charge in [0.1, 0.15) is 12.4 Å². The van der Waals surface area contributed by atoms with Crippen molar-refractivity contribution in [1.82, 2.24) is 9.88 Å². The summed E-state index contributed by atoms with van der Waals surface area (Å²) in [6.45, 7) is 2.50. The Balaban J connectivity index is 1.66. The normalized spacial score (nSPS) is 13.0. The van der Waals surface area contributed by atoms with Crippen LogP contribution < -0.4 is 5.32 Å². The number of aliphatic hydroxyl groups excluding tert-OH is 1. The number of aromatic nitrogens is 1. The molecule has 14 heteroatoms. The predicted molar refractivity (Wildman–Crippen MR) is 155 cm³/mol. The quantitative estimate of drug-likeness (QED) is 0.199. The van der Waals surface area contributed by atoms with Crippen LogP contribution in [0.15, 0.2) is 54.7 Å². The molecule has 0 aliphatic rings. The number of carbonyl (C=O) groups excluding carboxylic acids is 2. The Morgan fingerprint density at radius 2 is 1.72 bits per heavy atom. The molecule has 0 fully saturated rings. The molecule has 0 radical (unpaired) electrons. The Bertz CT molecular complexity index is 1420. The molecule has 0 saturated carbocycles. The first-order chi connectivity index (χ1) is 20.5. The lowest BCUT2D eigenvalue weighted by Crippen LogP contribution is -2.43. The summed E-state index contributed by atoms with van der Waals surface area (Å²) in [6.07, 6.45) is -0.942. The van der Waals surface area contributed by atoms with E-state index in [-0.39, 0.29) is 50.5 Å². The summed E-state index contributed by atoms with van der Waals surface area (Å²) in [5.74, 6) is -2.28. The maximum Gasteiger partial charge on any atom is 0.474 e. The van der Waals surface area contributed by atoms with Crippen LogP contribution >= 0.6 is 7.82 Å². The van der Waals surface area contributed by atoms with Crippen LogP contribution in [0.5, 0.6) is 0 Å². The molecule has 1 aromatic heterocycles. The number of hydrogen-bond acceptors (Lipinski definition) is 9. The van der Waals surface area contributed by atoms with Crippen molar-refractivity contribution >= 4 is 36.4 Å². The minimum absolute atomic E-state index is 0.0350. The highest BCUT2D eigenvalue weighted by atomic mass is 31.2. The molecule has 3 aromatic rings. The third kappa shape index (κ3) is 10.3. The van der Waals surface area contributed by atoms with Gasteiger partial charge in [-0.05, 0) is 49.8 Å². The Labute approximate surface area is 248 Å². The van der Waals surface area contributed by atoms with E-state index in [9.17, 15) is 28.0 Å². The van der Waals surface area contributed by atoms with E-state index in [1.54, 1.807) is 26.1 Å². The van der Waals surface area contributed by atoms with E-state index in [4.69, 9.17) is 18.3 Å². The van der Waals surface area contributed by atoms with Gasteiger partial charge in [-0.25, -0.2) is 23.1 Å². The Morgan fingerprint density at radius 3 is 2.42 bits per heavy atom. The van der Waals surface area contributed by atoms with E-state index in [1.807, 2.05) is 24.3 Å². The predicted octanol–water partition coefficient (Wildman–Crippen LogP) is 5.47. The Morgan fingerprint density at radius 1 is 1.02 bits per heavy atom. The number of amides is 2. The molecule has 0 aliphatic carbocycles. The van der Waals surface area contributed by atoms with Crippen LogP contribution in [0, 0.1) is 11.6 Å². The van der Waals surface area contributed by atoms with Gasteiger partial charge in [-0.2, -0.15) is 0 Å². The van der Waals surface area contributed by atoms with Crippen LogP contribution in [0.1, 0.15) is 32.3 Å². The van der Waals surface area contributed by atoms with Crippen molar-refractivity contribution in [3.63, 3.8) is 0 Å². The van der Waals surface area contributed by atoms with Gasteiger partial charge in [-0.15, -0.1) is 0 Å². The number of ether oxygens (including phenoxy) is 1. The number of likely N-dealkylation sites (N-methyl/N-ethyl adjacent to an activating group) is 1. The fraction of sp³-hybridized carbons (Fsp3) is 0.414. The number of aliphatic hydroxyl groups is 1. The second-order valence-corrected chi connectivity index (χ2v) is 11.1. The van der Waals surface area contributed by atoms with Gasteiger partial charge in [0.25, 0.3) is 0 Å². The number of halogens is 2. The number of nitrogens with one attached hydrogen (secondary N) is 1. The SMILES string of the molecule is CCOP(=O)(OCC)OC[C@H](O)C[C@@H](COC(=O)Nc1cc2ccccc2cn1)N(C)C(=O)CCc1cccc(F)c1F. The smallest absolute Gasteiger partial charge is 0.447 e. The second-order valence-electron chi connectivity index (χ2n) is 9.48. The number of carbonyl (C=O) groups is 2. The zero-order valence-electron chi connectivity index (χ0n) is 24.2. The number of hydrogen-bond donors (Lipinski definition) is 2. The first-order valence-electron chi connectivity index (χ1n) is 13.7. The molecule has 11 nitrogen and oxygen atoms in total. The zero-order valence-corrected chi connectivity index (χ0v) is 25.1. The summed E-state index contributed by atoms with van der Waals surface area (Å²) in [5.41, 5.74) is 0.0350. The van der Waals surface area contributed by atoms with Gasteiger partial charge in [0.15, 0.2) is 11.6 Å². The Hall–Kier alpha value is -3.48. The number of pyridine rings is 1. The molecule has 0 bridgehead atoms. The van der Waals surface area contributed by atoms with Crippen molar-refractivity contribution in [3.8, 4) is 0 Å². The van der Waals surface area contributed by atoms with Gasteiger partial charge in [0, 0.05) is 25.1 Å². The van der Waals surface area contributed by atoms with Gasteiger partial charge in [0.2, 0.25) is 5.91 Å². The summed E-state index contributed by atoms with van der Waals surface area (Å²) in [6, 6.07) is 12.0. The first kappa shape index (κ1) is 34.0. The third-order valence-electron chi connectivity index (χ3n) is 6.39. The second kappa shape index (κ2) is 16.4. The highest BCUT2D eigenvalue weighted by Gasteiger charge is 2.29. The van der Waals surface area contributed by atoms with E-state index in [0.717, 1.165) is 16.8 Å². The number of nitrogens with zero attached hydrogens (tertiary/aromatic N) is 2. The monoisotopic (exact) mass is 623 g/mol. The summed E-state index contributed by atoms with van der Waals surface area (Å²) >= 11 is 0. The van der Waals surface area contributed by atoms with Gasteiger partial charge >= 0.3 is 13.9 Å². The number of benzene rings is 2. The molecule has 0 spiro atoms. The van der Waals surface area contributed by atoms with Gasteiger partial charge < -0.3 is 14.7 Å². The number of aryl methyl sites for hydroxylation is 1. The highest BCUT2D eigenvalue weighted by molar-refractivity contribution is 7.48. The minimum Gasteiger partial charge on any atom is -0.447 e. The lowest BCUT2D eigenvalue weighted by atomic mass is 10.1. The van der Waals surface area contributed by atoms with E-state index in [2.05, 4.69) is 10.3 Å². The summed E-state index contributed by atoms with van der Waals surface area (Å²) in [4.78, 5) is 31.1. The molecule has 1 heterocycles. The molecule has 234 valence electrons. The highest BCUT2D eigenvalue weighted by Crippen LogP contribution is 2.49. The van der Waals surface area contributed by atoms with Crippen molar-refractivity contribution in [1.29, 1.82) is 0 Å². The topological polar surface area (TPSA) is 137 Å². The van der Waals surface area contributed by atoms with Crippen LogP contribution in [-0.4, -0.2) is 72.6 Å². The number of anilines is 1. The third-order valence-corrected chi connectivity index (χ3v) is 8.01. The van der Waals surface area contributed by atoms with Crippen LogP contribution in [-0.2, 0) is 34.1 Å². The molecule has 0 unspecified atom stereocenters. The van der Waals surface area contributed by atoms with Gasteiger partial charge in [0.05, 0.1) is 32.0 Å². The van der Waals surface area contributed by atoms with E-state index in [0.29, 0.717) is 0 Å². The van der Waals surface area contributed by atoms with Crippen molar-refractivity contribution in [2.24, 2.45) is 0 Å². The summed E-state index contributed by atoms with van der Waals surface area (Å²) in [5, 5.41) is 14.9. The summed E-state index contributed by atoms with van der Waals surface area (Å²) < 4.78 is 61.0. The van der Waals surface area contributed by atoms with Crippen LogP contribution in [0.4, 0.5) is 19.4 Å². The molecular formula is C29H36F2N3O8P. The number of phosphoric ester groups is 1. The lowest BCUT2D eigenvalue weighted by molar-refractivity contribution is -0.133. The minimum atomic E-state index is -3.91. The zero-order chi connectivity index (χ0) is 31.4.